The molecular formula is C16H21N3O3. The first kappa shape index (κ1) is 16.0. The van der Waals surface area contributed by atoms with Gasteiger partial charge in [0.25, 0.3) is 5.91 Å². The molecule has 0 spiro atoms. The van der Waals surface area contributed by atoms with Crippen LogP contribution in [-0.2, 0) is 14.4 Å². The van der Waals surface area contributed by atoms with Crippen LogP contribution in [0.5, 0.6) is 0 Å². The third kappa shape index (κ3) is 4.58. The Balaban J connectivity index is 1.73. The minimum Gasteiger partial charge on any atom is -0.382 e. The van der Waals surface area contributed by atoms with Gasteiger partial charge in [0.05, 0.1) is 5.71 Å². The topological polar surface area (TPSA) is 79.8 Å². The zero-order valence-corrected chi connectivity index (χ0v) is 12.8. The predicted octanol–water partition coefficient (Wildman–Crippen LogP) is 1.21. The summed E-state index contributed by atoms with van der Waals surface area (Å²) < 4.78 is 0. The largest absolute Gasteiger partial charge is 0.382 e. The van der Waals surface area contributed by atoms with E-state index in [-0.39, 0.29) is 30.8 Å². The van der Waals surface area contributed by atoms with E-state index in [2.05, 4.69) is 15.8 Å². The predicted molar refractivity (Wildman–Crippen MR) is 83.4 cm³/mol. The van der Waals surface area contributed by atoms with Crippen LogP contribution in [0.1, 0.15) is 32.3 Å². The molecule has 1 heterocycles. The van der Waals surface area contributed by atoms with Crippen LogP contribution < -0.4 is 10.6 Å². The molecule has 0 fully saturated rings. The van der Waals surface area contributed by atoms with E-state index in [9.17, 15) is 9.59 Å². The summed E-state index contributed by atoms with van der Waals surface area (Å²) in [5.41, 5.74) is 1.72. The van der Waals surface area contributed by atoms with E-state index in [0.717, 1.165) is 11.3 Å². The summed E-state index contributed by atoms with van der Waals surface area (Å²) >= 11 is 0. The van der Waals surface area contributed by atoms with E-state index < -0.39 is 6.10 Å². The van der Waals surface area contributed by atoms with Crippen molar-refractivity contribution in [2.24, 2.45) is 5.16 Å². The molecule has 0 saturated heterocycles. The highest BCUT2D eigenvalue weighted by atomic mass is 16.6. The summed E-state index contributed by atoms with van der Waals surface area (Å²) in [5, 5.41) is 9.44. The molecule has 2 rings (SSSR count). The summed E-state index contributed by atoms with van der Waals surface area (Å²) in [6, 6.07) is 9.71. The maximum absolute atomic E-state index is 12.0. The number of benzene rings is 1. The number of nitrogens with one attached hydrogen (secondary N) is 2. The SMILES string of the molecule is CC(C)NC(=O)CCNC(=O)C1CC(c2ccccc2)=NO1. The van der Waals surface area contributed by atoms with Crippen molar-refractivity contribution in [3.8, 4) is 0 Å². The number of oxime groups is 1. The molecular weight excluding hydrogens is 282 g/mol. The lowest BCUT2D eigenvalue weighted by molar-refractivity contribution is -0.131. The molecule has 0 bridgehead atoms. The Hall–Kier alpha value is -2.37. The van der Waals surface area contributed by atoms with E-state index in [0.29, 0.717) is 6.42 Å². The Morgan fingerprint density at radius 2 is 2.05 bits per heavy atom. The number of rotatable bonds is 6. The summed E-state index contributed by atoms with van der Waals surface area (Å²) in [7, 11) is 0. The van der Waals surface area contributed by atoms with Crippen LogP contribution in [0.2, 0.25) is 0 Å². The average Bonchev–Trinajstić information content (AvgIpc) is 2.97. The van der Waals surface area contributed by atoms with Crippen LogP contribution in [0.3, 0.4) is 0 Å². The Morgan fingerprint density at radius 1 is 1.32 bits per heavy atom. The standard InChI is InChI=1S/C16H21N3O3/c1-11(2)18-15(20)8-9-17-16(21)14-10-13(19-22-14)12-6-4-3-5-7-12/h3-7,11,14H,8-10H2,1-2H3,(H,17,21)(H,18,20). The van der Waals surface area contributed by atoms with Gasteiger partial charge in [0.15, 0.2) is 0 Å². The van der Waals surface area contributed by atoms with Crippen molar-refractivity contribution in [2.75, 3.05) is 6.54 Å². The Morgan fingerprint density at radius 3 is 2.73 bits per heavy atom. The summed E-state index contributed by atoms with van der Waals surface area (Å²) in [4.78, 5) is 28.6. The minimum atomic E-state index is -0.622. The van der Waals surface area contributed by atoms with E-state index in [1.165, 1.54) is 0 Å². The molecule has 1 unspecified atom stereocenters. The molecule has 118 valence electrons. The second-order valence-corrected chi connectivity index (χ2v) is 5.47. The van der Waals surface area contributed by atoms with Crippen molar-refractivity contribution in [2.45, 2.75) is 38.8 Å². The molecule has 0 aromatic heterocycles. The molecule has 2 amide bonds. The van der Waals surface area contributed by atoms with E-state index in [4.69, 9.17) is 4.84 Å². The maximum Gasteiger partial charge on any atom is 0.264 e. The van der Waals surface area contributed by atoms with E-state index >= 15 is 0 Å². The molecule has 22 heavy (non-hydrogen) atoms. The van der Waals surface area contributed by atoms with Crippen LogP contribution in [0.15, 0.2) is 35.5 Å². The van der Waals surface area contributed by atoms with Gasteiger partial charge in [-0.1, -0.05) is 35.5 Å². The van der Waals surface area contributed by atoms with Gasteiger partial charge in [0.2, 0.25) is 12.0 Å². The molecule has 6 heteroatoms. The van der Waals surface area contributed by atoms with Gasteiger partial charge in [-0.25, -0.2) is 0 Å². The van der Waals surface area contributed by atoms with Crippen molar-refractivity contribution < 1.29 is 14.4 Å². The van der Waals surface area contributed by atoms with Crippen molar-refractivity contribution in [3.63, 3.8) is 0 Å². The summed E-state index contributed by atoms with van der Waals surface area (Å²) in [6.45, 7) is 4.08. The molecule has 1 aliphatic rings. The molecule has 1 atom stereocenters. The molecule has 0 radical (unpaired) electrons. The molecule has 6 nitrogen and oxygen atoms in total. The number of carbonyl (C=O) groups excluding carboxylic acids is 2. The molecule has 0 aliphatic carbocycles. The van der Waals surface area contributed by atoms with Crippen LogP contribution in [0.25, 0.3) is 0 Å². The van der Waals surface area contributed by atoms with E-state index in [1.807, 2.05) is 44.2 Å². The van der Waals surface area contributed by atoms with Gasteiger partial charge in [-0.05, 0) is 19.4 Å². The monoisotopic (exact) mass is 303 g/mol. The first-order chi connectivity index (χ1) is 10.6. The number of hydrogen-bond acceptors (Lipinski definition) is 4. The number of hydrogen-bond donors (Lipinski definition) is 2. The van der Waals surface area contributed by atoms with Gasteiger partial charge in [0.1, 0.15) is 0 Å². The zero-order valence-electron chi connectivity index (χ0n) is 12.8. The van der Waals surface area contributed by atoms with Crippen LogP contribution >= 0.6 is 0 Å². The highest BCUT2D eigenvalue weighted by Gasteiger charge is 2.28. The lowest BCUT2D eigenvalue weighted by atomic mass is 10.0. The fourth-order valence-corrected chi connectivity index (χ4v) is 2.13. The number of nitrogens with zero attached hydrogens (tertiary/aromatic N) is 1. The van der Waals surface area contributed by atoms with Crippen LogP contribution in [0.4, 0.5) is 0 Å². The maximum atomic E-state index is 12.0. The minimum absolute atomic E-state index is 0.0798. The van der Waals surface area contributed by atoms with Gasteiger partial charge in [-0.3, -0.25) is 9.59 Å². The first-order valence-electron chi connectivity index (χ1n) is 7.41. The second kappa shape index (κ2) is 7.59. The Kier molecular flexibility index (Phi) is 5.52. The lowest BCUT2D eigenvalue weighted by Crippen LogP contribution is -2.38. The van der Waals surface area contributed by atoms with Gasteiger partial charge in [-0.15, -0.1) is 0 Å². The molecule has 1 aromatic rings. The van der Waals surface area contributed by atoms with Gasteiger partial charge >= 0.3 is 0 Å². The number of carbonyl (C=O) groups is 2. The second-order valence-electron chi connectivity index (χ2n) is 5.47. The molecule has 0 saturated carbocycles. The van der Waals surface area contributed by atoms with Crippen molar-refractivity contribution in [3.05, 3.63) is 35.9 Å². The highest BCUT2D eigenvalue weighted by molar-refractivity contribution is 6.04. The smallest absolute Gasteiger partial charge is 0.264 e. The average molecular weight is 303 g/mol. The van der Waals surface area contributed by atoms with Crippen molar-refractivity contribution >= 4 is 17.5 Å². The van der Waals surface area contributed by atoms with Crippen molar-refractivity contribution in [1.29, 1.82) is 0 Å². The van der Waals surface area contributed by atoms with E-state index in [1.54, 1.807) is 0 Å². The fraction of sp³-hybridized carbons (Fsp3) is 0.438. The molecule has 1 aliphatic heterocycles. The third-order valence-corrected chi connectivity index (χ3v) is 3.17. The van der Waals surface area contributed by atoms with Gasteiger partial charge in [0, 0.05) is 25.4 Å². The Bertz CT molecular complexity index is 555. The molecule has 1 aromatic carbocycles. The zero-order chi connectivity index (χ0) is 15.9. The van der Waals surface area contributed by atoms with Crippen LogP contribution in [0, 0.1) is 0 Å². The van der Waals surface area contributed by atoms with Crippen molar-refractivity contribution in [1.82, 2.24) is 10.6 Å². The normalized spacial score (nSPS) is 16.9. The lowest BCUT2D eigenvalue weighted by Gasteiger charge is -2.11. The quantitative estimate of drug-likeness (QED) is 0.829. The van der Waals surface area contributed by atoms with Gasteiger partial charge in [-0.2, -0.15) is 0 Å². The first-order valence-corrected chi connectivity index (χ1v) is 7.41. The third-order valence-electron chi connectivity index (χ3n) is 3.17. The van der Waals surface area contributed by atoms with Crippen LogP contribution in [-0.4, -0.2) is 36.2 Å². The summed E-state index contributed by atoms with van der Waals surface area (Å²) in [5.74, 6) is -0.323. The summed E-state index contributed by atoms with van der Waals surface area (Å²) in [6.07, 6.45) is 0.0697. The van der Waals surface area contributed by atoms with Gasteiger partial charge < -0.3 is 15.5 Å². The number of amides is 2. The highest BCUT2D eigenvalue weighted by Crippen LogP contribution is 2.16. The Labute approximate surface area is 129 Å². The fourth-order valence-electron chi connectivity index (χ4n) is 2.13. The molecule has 2 N–H and O–H groups in total.